The van der Waals surface area contributed by atoms with E-state index in [1.54, 1.807) is 0 Å². The Bertz CT molecular complexity index is 236. The van der Waals surface area contributed by atoms with Crippen LogP contribution in [0.25, 0.3) is 0 Å². The molecule has 0 aliphatic carbocycles. The fourth-order valence-electron chi connectivity index (χ4n) is 1.25. The summed E-state index contributed by atoms with van der Waals surface area (Å²) >= 11 is 0. The van der Waals surface area contributed by atoms with Gasteiger partial charge in [0.05, 0.1) is 0 Å². The molecule has 0 bridgehead atoms. The lowest BCUT2D eigenvalue weighted by Gasteiger charge is -2.38. The molecule has 4 nitrogen and oxygen atoms in total. The van der Waals surface area contributed by atoms with Gasteiger partial charge in [-0.2, -0.15) is 0 Å². The summed E-state index contributed by atoms with van der Waals surface area (Å²) in [5.41, 5.74) is 0. The minimum atomic E-state index is -1.72. The fourth-order valence-corrected chi connectivity index (χ4v) is 2.72. The van der Waals surface area contributed by atoms with Gasteiger partial charge in [-0.15, -0.1) is 0 Å². The van der Waals surface area contributed by atoms with Crippen molar-refractivity contribution in [2.24, 2.45) is 0 Å². The highest BCUT2D eigenvalue weighted by molar-refractivity contribution is 6.74. The molecule has 0 fully saturated rings. The molecule has 0 aromatic heterocycles. The second-order valence-corrected chi connectivity index (χ2v) is 10.6. The van der Waals surface area contributed by atoms with Crippen LogP contribution in [0.4, 0.5) is 0 Å². The standard InChI is InChI=1S/C11H25NO3Si/c1-10(8-7-9-12(13)14)15-16(5,6)11(2,3)4/h10H,7-9H2,1-6H3/t10-/m0/s1. The van der Waals surface area contributed by atoms with E-state index in [9.17, 15) is 10.1 Å². The van der Waals surface area contributed by atoms with Gasteiger partial charge in [-0.05, 0) is 31.5 Å². The lowest BCUT2D eigenvalue weighted by molar-refractivity contribution is -0.480. The van der Waals surface area contributed by atoms with Crippen molar-refractivity contribution in [3.8, 4) is 0 Å². The normalized spacial score (nSPS) is 14.9. The van der Waals surface area contributed by atoms with Crippen LogP contribution in [0.15, 0.2) is 0 Å². The highest BCUT2D eigenvalue weighted by Gasteiger charge is 2.38. The first-order valence-electron chi connectivity index (χ1n) is 5.86. The summed E-state index contributed by atoms with van der Waals surface area (Å²) in [5, 5.41) is 10.4. The summed E-state index contributed by atoms with van der Waals surface area (Å²) in [4.78, 5) is 9.93. The molecule has 16 heavy (non-hydrogen) atoms. The quantitative estimate of drug-likeness (QED) is 0.410. The van der Waals surface area contributed by atoms with Crippen LogP contribution >= 0.6 is 0 Å². The van der Waals surface area contributed by atoms with E-state index in [-0.39, 0.29) is 22.6 Å². The zero-order chi connectivity index (χ0) is 13.0. The fraction of sp³-hybridized carbons (Fsp3) is 1.00. The molecule has 0 aromatic rings. The first kappa shape index (κ1) is 15.6. The van der Waals surface area contributed by atoms with Crippen LogP contribution in [-0.2, 0) is 4.43 Å². The van der Waals surface area contributed by atoms with E-state index in [2.05, 4.69) is 33.9 Å². The van der Waals surface area contributed by atoms with E-state index < -0.39 is 8.32 Å². The molecule has 0 amide bonds. The smallest absolute Gasteiger partial charge is 0.204 e. The Morgan fingerprint density at radius 2 is 1.88 bits per heavy atom. The topological polar surface area (TPSA) is 52.4 Å². The van der Waals surface area contributed by atoms with Gasteiger partial charge in [0.25, 0.3) is 0 Å². The Hall–Kier alpha value is -0.423. The van der Waals surface area contributed by atoms with Gasteiger partial charge in [-0.1, -0.05) is 20.8 Å². The zero-order valence-electron chi connectivity index (χ0n) is 11.4. The first-order chi connectivity index (χ1) is 7.06. The molecule has 0 radical (unpaired) electrons. The van der Waals surface area contributed by atoms with Crippen molar-refractivity contribution in [2.45, 2.75) is 64.8 Å². The molecule has 0 N–H and O–H groups in total. The van der Waals surface area contributed by atoms with Crippen LogP contribution < -0.4 is 0 Å². The molecular weight excluding hydrogens is 222 g/mol. The monoisotopic (exact) mass is 247 g/mol. The summed E-state index contributed by atoms with van der Waals surface area (Å²) in [5.74, 6) is 0. The molecule has 0 rings (SSSR count). The van der Waals surface area contributed by atoms with Crippen molar-refractivity contribution in [1.82, 2.24) is 0 Å². The Morgan fingerprint density at radius 3 is 2.25 bits per heavy atom. The maximum Gasteiger partial charge on any atom is 0.204 e. The second kappa shape index (κ2) is 5.77. The lowest BCUT2D eigenvalue weighted by atomic mass is 10.2. The van der Waals surface area contributed by atoms with Crippen molar-refractivity contribution in [3.05, 3.63) is 10.1 Å². The van der Waals surface area contributed by atoms with Crippen molar-refractivity contribution < 1.29 is 9.35 Å². The average molecular weight is 247 g/mol. The third kappa shape index (κ3) is 5.60. The number of hydrogen-bond acceptors (Lipinski definition) is 3. The van der Waals surface area contributed by atoms with Gasteiger partial charge in [0, 0.05) is 17.4 Å². The molecule has 0 aliphatic heterocycles. The molecule has 0 saturated carbocycles. The van der Waals surface area contributed by atoms with Gasteiger partial charge < -0.3 is 4.43 Å². The Kier molecular flexibility index (Phi) is 5.62. The van der Waals surface area contributed by atoms with Gasteiger partial charge in [0.15, 0.2) is 8.32 Å². The van der Waals surface area contributed by atoms with E-state index in [1.165, 1.54) is 0 Å². The molecule has 0 saturated heterocycles. The van der Waals surface area contributed by atoms with Gasteiger partial charge >= 0.3 is 0 Å². The van der Waals surface area contributed by atoms with Crippen molar-refractivity contribution >= 4 is 8.32 Å². The molecule has 96 valence electrons. The number of hydrogen-bond donors (Lipinski definition) is 0. The van der Waals surface area contributed by atoms with Crippen LogP contribution in [0.2, 0.25) is 18.1 Å². The number of nitro groups is 1. The summed E-state index contributed by atoms with van der Waals surface area (Å²) in [6, 6.07) is 0. The summed E-state index contributed by atoms with van der Waals surface area (Å²) in [6.45, 7) is 13.1. The van der Waals surface area contributed by atoms with E-state index in [0.29, 0.717) is 6.42 Å². The lowest BCUT2D eigenvalue weighted by Crippen LogP contribution is -2.43. The van der Waals surface area contributed by atoms with E-state index in [0.717, 1.165) is 6.42 Å². The zero-order valence-corrected chi connectivity index (χ0v) is 12.4. The number of rotatable bonds is 6. The van der Waals surface area contributed by atoms with Crippen LogP contribution in [0.3, 0.4) is 0 Å². The average Bonchev–Trinajstić information content (AvgIpc) is 1.99. The minimum Gasteiger partial charge on any atom is -0.414 e. The van der Waals surface area contributed by atoms with E-state index >= 15 is 0 Å². The SMILES string of the molecule is C[C@@H](CCC[N+](=O)[O-])O[Si](C)(C)C(C)(C)C. The van der Waals surface area contributed by atoms with E-state index in [1.807, 2.05) is 6.92 Å². The highest BCUT2D eigenvalue weighted by atomic mass is 28.4. The summed E-state index contributed by atoms with van der Waals surface area (Å²) < 4.78 is 6.10. The third-order valence-electron chi connectivity index (χ3n) is 3.25. The van der Waals surface area contributed by atoms with Crippen LogP contribution in [0.1, 0.15) is 40.5 Å². The molecular formula is C11H25NO3Si. The third-order valence-corrected chi connectivity index (χ3v) is 7.86. The first-order valence-corrected chi connectivity index (χ1v) is 8.77. The molecule has 0 aromatic carbocycles. The van der Waals surface area contributed by atoms with Gasteiger partial charge in [0.1, 0.15) is 0 Å². The second-order valence-electron chi connectivity index (χ2n) is 5.89. The molecule has 5 heteroatoms. The predicted octanol–water partition coefficient (Wildman–Crippen LogP) is 3.45. The van der Waals surface area contributed by atoms with Crippen LogP contribution in [-0.4, -0.2) is 25.9 Å². The largest absolute Gasteiger partial charge is 0.414 e. The van der Waals surface area contributed by atoms with Crippen LogP contribution in [0, 0.1) is 10.1 Å². The molecule has 0 aliphatic rings. The van der Waals surface area contributed by atoms with Gasteiger partial charge in [-0.3, -0.25) is 10.1 Å². The Balaban J connectivity index is 4.04. The molecule has 0 unspecified atom stereocenters. The molecule has 0 heterocycles. The van der Waals surface area contributed by atoms with Gasteiger partial charge in [0.2, 0.25) is 6.54 Å². The molecule has 1 atom stereocenters. The van der Waals surface area contributed by atoms with Crippen LogP contribution in [0.5, 0.6) is 0 Å². The Morgan fingerprint density at radius 1 is 1.38 bits per heavy atom. The maximum absolute atomic E-state index is 10.2. The van der Waals surface area contributed by atoms with E-state index in [4.69, 9.17) is 4.43 Å². The Labute approximate surface area is 99.7 Å². The summed E-state index contributed by atoms with van der Waals surface area (Å²) in [6.07, 6.45) is 1.50. The molecule has 0 spiro atoms. The highest BCUT2D eigenvalue weighted by Crippen LogP contribution is 2.37. The van der Waals surface area contributed by atoms with Crippen molar-refractivity contribution in [1.29, 1.82) is 0 Å². The minimum absolute atomic E-state index is 0.0468. The predicted molar refractivity (Wildman–Crippen MR) is 68.8 cm³/mol. The van der Waals surface area contributed by atoms with Crippen molar-refractivity contribution in [3.63, 3.8) is 0 Å². The van der Waals surface area contributed by atoms with Crippen molar-refractivity contribution in [2.75, 3.05) is 6.54 Å². The summed E-state index contributed by atoms with van der Waals surface area (Å²) in [7, 11) is -1.72. The van der Waals surface area contributed by atoms with Gasteiger partial charge in [-0.25, -0.2) is 0 Å². The number of nitrogens with zero attached hydrogens (tertiary/aromatic N) is 1. The maximum atomic E-state index is 10.2.